The molecule has 0 radical (unpaired) electrons. The quantitative estimate of drug-likeness (QED) is 0.307. The van der Waals surface area contributed by atoms with Crippen LogP contribution < -0.4 is 14.4 Å². The van der Waals surface area contributed by atoms with Crippen LogP contribution in [0.1, 0.15) is 35.2 Å². The number of aliphatic hydroxyl groups excluding tert-OH is 1. The smallest absolute Gasteiger partial charge is 0.300 e. The number of methoxy groups -OCH3 is 1. The molecular formula is C28H27NO5. The Hall–Kier alpha value is -4.06. The highest BCUT2D eigenvalue weighted by molar-refractivity contribution is 6.51. The summed E-state index contributed by atoms with van der Waals surface area (Å²) >= 11 is 0. The summed E-state index contributed by atoms with van der Waals surface area (Å²) in [5.41, 5.74) is 3.63. The molecule has 0 bridgehead atoms. The minimum Gasteiger partial charge on any atom is -0.507 e. The van der Waals surface area contributed by atoms with Gasteiger partial charge in [0, 0.05) is 11.3 Å². The van der Waals surface area contributed by atoms with E-state index >= 15 is 0 Å². The summed E-state index contributed by atoms with van der Waals surface area (Å²) in [7, 11) is 1.56. The van der Waals surface area contributed by atoms with Gasteiger partial charge in [-0.2, -0.15) is 0 Å². The van der Waals surface area contributed by atoms with E-state index < -0.39 is 17.7 Å². The van der Waals surface area contributed by atoms with E-state index in [0.29, 0.717) is 34.9 Å². The SMILES string of the molecule is CCOc1ccc(/C(O)=C2\C(=O)C(=O)N(c3ccc(C)cc3C)C2c2cccc(OC)c2)cc1. The fourth-order valence-corrected chi connectivity index (χ4v) is 4.31. The molecule has 0 saturated carbocycles. The molecule has 0 aromatic heterocycles. The van der Waals surface area contributed by atoms with Crippen molar-refractivity contribution >= 4 is 23.1 Å². The fourth-order valence-electron chi connectivity index (χ4n) is 4.31. The molecule has 1 unspecified atom stereocenters. The number of ether oxygens (including phenoxy) is 2. The van der Waals surface area contributed by atoms with E-state index in [9.17, 15) is 14.7 Å². The highest BCUT2D eigenvalue weighted by atomic mass is 16.5. The maximum Gasteiger partial charge on any atom is 0.300 e. The molecule has 34 heavy (non-hydrogen) atoms. The molecule has 1 amide bonds. The summed E-state index contributed by atoms with van der Waals surface area (Å²) in [5.74, 6) is -0.420. The summed E-state index contributed by atoms with van der Waals surface area (Å²) in [4.78, 5) is 28.1. The Bertz CT molecular complexity index is 1280. The summed E-state index contributed by atoms with van der Waals surface area (Å²) in [6, 6.07) is 18.9. The Balaban J connectivity index is 1.92. The number of Topliss-reactive ketones (excluding diaryl/α,β-unsaturated/α-hetero) is 1. The Morgan fingerprint density at radius 1 is 0.971 bits per heavy atom. The van der Waals surface area contributed by atoms with Crippen molar-refractivity contribution in [2.75, 3.05) is 18.6 Å². The largest absolute Gasteiger partial charge is 0.507 e. The molecule has 1 saturated heterocycles. The molecule has 0 spiro atoms. The first-order chi connectivity index (χ1) is 16.3. The van der Waals surface area contributed by atoms with Crippen molar-refractivity contribution in [1.82, 2.24) is 0 Å². The second-order valence-electron chi connectivity index (χ2n) is 8.19. The molecule has 4 rings (SSSR count). The molecular weight excluding hydrogens is 430 g/mol. The van der Waals surface area contributed by atoms with Crippen LogP contribution in [-0.4, -0.2) is 30.5 Å². The number of carbonyl (C=O) groups excluding carboxylic acids is 2. The van der Waals surface area contributed by atoms with Crippen LogP contribution in [0, 0.1) is 13.8 Å². The molecule has 6 heteroatoms. The Kier molecular flexibility index (Phi) is 6.41. The zero-order valence-corrected chi connectivity index (χ0v) is 19.7. The van der Waals surface area contributed by atoms with Gasteiger partial charge in [-0.3, -0.25) is 14.5 Å². The third-order valence-corrected chi connectivity index (χ3v) is 5.90. The predicted octanol–water partition coefficient (Wildman–Crippen LogP) is 5.34. The third kappa shape index (κ3) is 4.15. The number of hydrogen-bond acceptors (Lipinski definition) is 5. The number of ketones is 1. The minimum atomic E-state index is -0.817. The van der Waals surface area contributed by atoms with Crippen molar-refractivity contribution in [2.45, 2.75) is 26.8 Å². The van der Waals surface area contributed by atoms with E-state index in [-0.39, 0.29) is 11.3 Å². The maximum atomic E-state index is 13.3. The van der Waals surface area contributed by atoms with Crippen LogP contribution in [0.15, 0.2) is 72.3 Å². The monoisotopic (exact) mass is 457 g/mol. The van der Waals surface area contributed by atoms with E-state index in [1.807, 2.05) is 45.0 Å². The summed E-state index contributed by atoms with van der Waals surface area (Å²) in [6.45, 7) is 6.27. The number of carbonyl (C=O) groups is 2. The van der Waals surface area contributed by atoms with Crippen LogP contribution in [0.3, 0.4) is 0 Å². The lowest BCUT2D eigenvalue weighted by molar-refractivity contribution is -0.132. The van der Waals surface area contributed by atoms with Gasteiger partial charge in [-0.05, 0) is 74.4 Å². The summed E-state index contributed by atoms with van der Waals surface area (Å²) in [5, 5.41) is 11.3. The highest BCUT2D eigenvalue weighted by Gasteiger charge is 2.47. The Labute approximate surface area is 199 Å². The lowest BCUT2D eigenvalue weighted by Gasteiger charge is -2.27. The van der Waals surface area contributed by atoms with Crippen LogP contribution in [-0.2, 0) is 9.59 Å². The van der Waals surface area contributed by atoms with Crippen LogP contribution >= 0.6 is 0 Å². The molecule has 3 aromatic rings. The average molecular weight is 458 g/mol. The van der Waals surface area contributed by atoms with Crippen LogP contribution in [0.5, 0.6) is 11.5 Å². The summed E-state index contributed by atoms with van der Waals surface area (Å²) < 4.78 is 10.9. The predicted molar refractivity (Wildman–Crippen MR) is 131 cm³/mol. The van der Waals surface area contributed by atoms with Gasteiger partial charge in [0.2, 0.25) is 0 Å². The van der Waals surface area contributed by atoms with Crippen LogP contribution in [0.4, 0.5) is 5.69 Å². The van der Waals surface area contributed by atoms with Crippen molar-refractivity contribution in [3.63, 3.8) is 0 Å². The molecule has 3 aromatic carbocycles. The zero-order chi connectivity index (χ0) is 24.4. The van der Waals surface area contributed by atoms with Gasteiger partial charge < -0.3 is 14.6 Å². The second-order valence-corrected chi connectivity index (χ2v) is 8.19. The highest BCUT2D eigenvalue weighted by Crippen LogP contribution is 2.43. The van der Waals surface area contributed by atoms with Gasteiger partial charge >= 0.3 is 0 Å². The van der Waals surface area contributed by atoms with Crippen molar-refractivity contribution in [3.8, 4) is 11.5 Å². The summed E-state index contributed by atoms with van der Waals surface area (Å²) in [6.07, 6.45) is 0. The van der Waals surface area contributed by atoms with Gasteiger partial charge in [-0.1, -0.05) is 29.8 Å². The molecule has 1 N–H and O–H groups in total. The first-order valence-corrected chi connectivity index (χ1v) is 11.1. The van der Waals surface area contributed by atoms with E-state index in [0.717, 1.165) is 11.1 Å². The first kappa shape index (κ1) is 23.1. The molecule has 1 aliphatic heterocycles. The van der Waals surface area contributed by atoms with Gasteiger partial charge in [0.25, 0.3) is 11.7 Å². The molecule has 1 fully saturated rings. The normalized spacial score (nSPS) is 17.2. The molecule has 174 valence electrons. The standard InChI is InChI=1S/C28H27NO5/c1-5-34-21-12-10-19(11-13-21)26(30)24-25(20-7-6-8-22(16-20)33-4)29(28(32)27(24)31)23-14-9-17(2)15-18(23)3/h6-16,25,30H,5H2,1-4H3/b26-24+. The first-order valence-electron chi connectivity index (χ1n) is 11.1. The van der Waals surface area contributed by atoms with Crippen molar-refractivity contribution in [1.29, 1.82) is 0 Å². The number of aryl methyl sites for hydroxylation is 2. The number of rotatable bonds is 6. The minimum absolute atomic E-state index is 0.0300. The molecule has 0 aliphatic carbocycles. The molecule has 1 heterocycles. The van der Waals surface area contributed by atoms with E-state index in [1.54, 1.807) is 49.6 Å². The maximum absolute atomic E-state index is 13.3. The number of hydrogen-bond donors (Lipinski definition) is 1. The van der Waals surface area contributed by atoms with Gasteiger partial charge in [0.05, 0.1) is 25.3 Å². The average Bonchev–Trinajstić information content (AvgIpc) is 3.10. The lowest BCUT2D eigenvalue weighted by atomic mass is 9.94. The topological polar surface area (TPSA) is 76.1 Å². The molecule has 6 nitrogen and oxygen atoms in total. The number of anilines is 1. The lowest BCUT2D eigenvalue weighted by Crippen LogP contribution is -2.30. The van der Waals surface area contributed by atoms with Gasteiger partial charge in [-0.15, -0.1) is 0 Å². The van der Waals surface area contributed by atoms with Crippen molar-refractivity contribution < 1.29 is 24.2 Å². The number of aliphatic hydroxyl groups is 1. The van der Waals surface area contributed by atoms with Crippen LogP contribution in [0.25, 0.3) is 5.76 Å². The number of amides is 1. The third-order valence-electron chi connectivity index (χ3n) is 5.90. The van der Waals surface area contributed by atoms with Gasteiger partial charge in [-0.25, -0.2) is 0 Å². The number of benzene rings is 3. The Morgan fingerprint density at radius 3 is 2.35 bits per heavy atom. The fraction of sp³-hybridized carbons (Fsp3) is 0.214. The second kappa shape index (κ2) is 9.43. The molecule has 1 aliphatic rings. The van der Waals surface area contributed by atoms with E-state index in [2.05, 4.69) is 0 Å². The van der Waals surface area contributed by atoms with Gasteiger partial charge in [0.15, 0.2) is 0 Å². The zero-order valence-electron chi connectivity index (χ0n) is 19.7. The van der Waals surface area contributed by atoms with Crippen LogP contribution in [0.2, 0.25) is 0 Å². The number of nitrogens with zero attached hydrogens (tertiary/aromatic N) is 1. The van der Waals surface area contributed by atoms with Crippen molar-refractivity contribution in [3.05, 3.63) is 94.6 Å². The van der Waals surface area contributed by atoms with Gasteiger partial charge in [0.1, 0.15) is 17.3 Å². The Morgan fingerprint density at radius 2 is 1.71 bits per heavy atom. The van der Waals surface area contributed by atoms with E-state index in [1.165, 1.54) is 4.90 Å². The van der Waals surface area contributed by atoms with Crippen molar-refractivity contribution in [2.24, 2.45) is 0 Å². The van der Waals surface area contributed by atoms with E-state index in [4.69, 9.17) is 9.47 Å². The molecule has 1 atom stereocenters.